The molecule has 262 valence electrons. The minimum atomic E-state index is 0.670. The summed E-state index contributed by atoms with van der Waals surface area (Å²) in [4.78, 5) is 10.4. The monoisotopic (exact) mass is 716 g/mol. The summed E-state index contributed by atoms with van der Waals surface area (Å²) in [6.07, 6.45) is 0. The Morgan fingerprint density at radius 2 is 0.821 bits per heavy atom. The molecule has 0 N–H and O–H groups in total. The quantitative estimate of drug-likeness (QED) is 0.172. The van der Waals surface area contributed by atoms with Crippen LogP contribution in [0.15, 0.2) is 203 Å². The van der Waals surface area contributed by atoms with Crippen LogP contribution in [0.1, 0.15) is 0 Å². The summed E-state index contributed by atoms with van der Waals surface area (Å²) in [7, 11) is 0. The third-order valence-corrected chi connectivity index (χ3v) is 10.7. The van der Waals surface area contributed by atoms with E-state index in [4.69, 9.17) is 18.8 Å². The fourth-order valence-corrected chi connectivity index (χ4v) is 7.90. The Balaban J connectivity index is 1.06. The van der Waals surface area contributed by atoms with E-state index in [1.807, 2.05) is 48.5 Å². The number of rotatable bonds is 6. The van der Waals surface area contributed by atoms with Gasteiger partial charge >= 0.3 is 0 Å². The third-order valence-electron chi connectivity index (χ3n) is 10.7. The van der Waals surface area contributed by atoms with Crippen LogP contribution >= 0.6 is 0 Å². The molecule has 3 aromatic heterocycles. The molecule has 8 aromatic carbocycles. The van der Waals surface area contributed by atoms with Gasteiger partial charge in [0.05, 0.1) is 11.4 Å². The van der Waals surface area contributed by atoms with Gasteiger partial charge in [0.15, 0.2) is 5.82 Å². The average Bonchev–Trinajstić information content (AvgIpc) is 3.85. The molecule has 0 aliphatic carbocycles. The minimum Gasteiger partial charge on any atom is -0.456 e. The SMILES string of the molecule is c1ccc(-c2cc(-c3cc(-c4ccc(-c5ccc6c(c5)oc5ccccc56)cc4)nc(-c4ccccc4)n3)cc(-c3cccc4c3oc3ccccc34)c2)cc1. The van der Waals surface area contributed by atoms with Crippen molar-refractivity contribution < 1.29 is 8.83 Å². The Morgan fingerprint density at radius 3 is 1.59 bits per heavy atom. The first-order valence-electron chi connectivity index (χ1n) is 18.8. The number of para-hydroxylation sites is 3. The van der Waals surface area contributed by atoms with Crippen LogP contribution in [0.5, 0.6) is 0 Å². The van der Waals surface area contributed by atoms with E-state index in [0.717, 1.165) is 105 Å². The van der Waals surface area contributed by atoms with Gasteiger partial charge in [-0.25, -0.2) is 9.97 Å². The van der Waals surface area contributed by atoms with Crippen molar-refractivity contribution in [1.29, 1.82) is 0 Å². The molecule has 4 heteroatoms. The maximum Gasteiger partial charge on any atom is 0.160 e. The van der Waals surface area contributed by atoms with Crippen LogP contribution in [-0.4, -0.2) is 9.97 Å². The number of nitrogens with zero attached hydrogens (tertiary/aromatic N) is 2. The first-order chi connectivity index (χ1) is 27.7. The highest BCUT2D eigenvalue weighted by molar-refractivity contribution is 6.10. The first-order valence-corrected chi connectivity index (χ1v) is 18.8. The lowest BCUT2D eigenvalue weighted by atomic mass is 9.93. The lowest BCUT2D eigenvalue weighted by molar-refractivity contribution is 0.669. The maximum atomic E-state index is 6.53. The molecule has 3 heterocycles. The fourth-order valence-electron chi connectivity index (χ4n) is 7.90. The highest BCUT2D eigenvalue weighted by Crippen LogP contribution is 2.40. The van der Waals surface area contributed by atoms with Crippen LogP contribution in [0.3, 0.4) is 0 Å². The van der Waals surface area contributed by atoms with E-state index in [-0.39, 0.29) is 0 Å². The normalized spacial score (nSPS) is 11.6. The van der Waals surface area contributed by atoms with Gasteiger partial charge in [-0.3, -0.25) is 0 Å². The van der Waals surface area contributed by atoms with Crippen molar-refractivity contribution in [3.8, 4) is 67.3 Å². The van der Waals surface area contributed by atoms with Gasteiger partial charge in [-0.1, -0.05) is 146 Å². The molecule has 0 bridgehead atoms. The highest BCUT2D eigenvalue weighted by atomic mass is 16.3. The topological polar surface area (TPSA) is 52.1 Å². The van der Waals surface area contributed by atoms with Gasteiger partial charge in [0.2, 0.25) is 0 Å². The van der Waals surface area contributed by atoms with E-state index in [2.05, 4.69) is 146 Å². The molecule has 0 fully saturated rings. The minimum absolute atomic E-state index is 0.670. The number of hydrogen-bond acceptors (Lipinski definition) is 4. The third kappa shape index (κ3) is 5.55. The van der Waals surface area contributed by atoms with E-state index in [1.165, 1.54) is 0 Å². The van der Waals surface area contributed by atoms with Gasteiger partial charge in [0.25, 0.3) is 0 Å². The van der Waals surface area contributed by atoms with Crippen LogP contribution in [0.25, 0.3) is 111 Å². The smallest absolute Gasteiger partial charge is 0.160 e. The Labute approximate surface area is 323 Å². The molecule has 0 atom stereocenters. The largest absolute Gasteiger partial charge is 0.456 e. The predicted octanol–water partition coefficient (Wildman–Crippen LogP) is 14.3. The lowest BCUT2D eigenvalue weighted by Crippen LogP contribution is -1.96. The van der Waals surface area contributed by atoms with Crippen molar-refractivity contribution in [3.63, 3.8) is 0 Å². The second-order valence-corrected chi connectivity index (χ2v) is 14.2. The molecule has 0 radical (unpaired) electrons. The number of hydrogen-bond donors (Lipinski definition) is 0. The Bertz CT molecular complexity index is 3230. The second kappa shape index (κ2) is 13.1. The Hall–Kier alpha value is -7.56. The van der Waals surface area contributed by atoms with Gasteiger partial charge in [0, 0.05) is 43.8 Å². The molecule has 0 unspecified atom stereocenters. The van der Waals surface area contributed by atoms with E-state index < -0.39 is 0 Å². The van der Waals surface area contributed by atoms with Crippen molar-refractivity contribution in [2.75, 3.05) is 0 Å². The van der Waals surface area contributed by atoms with Crippen LogP contribution in [0, 0.1) is 0 Å². The Morgan fingerprint density at radius 1 is 0.286 bits per heavy atom. The molecule has 0 amide bonds. The molecular weight excluding hydrogens is 685 g/mol. The van der Waals surface area contributed by atoms with E-state index in [0.29, 0.717) is 5.82 Å². The molecule has 11 rings (SSSR count). The van der Waals surface area contributed by atoms with Crippen molar-refractivity contribution in [3.05, 3.63) is 194 Å². The van der Waals surface area contributed by atoms with Gasteiger partial charge in [-0.15, -0.1) is 0 Å². The average molecular weight is 717 g/mol. The van der Waals surface area contributed by atoms with Crippen molar-refractivity contribution in [2.24, 2.45) is 0 Å². The predicted molar refractivity (Wildman–Crippen MR) is 229 cm³/mol. The summed E-state index contributed by atoms with van der Waals surface area (Å²) in [5.41, 5.74) is 14.7. The van der Waals surface area contributed by atoms with Gasteiger partial charge in [0.1, 0.15) is 22.3 Å². The van der Waals surface area contributed by atoms with Gasteiger partial charge in [-0.2, -0.15) is 0 Å². The number of benzene rings is 8. The van der Waals surface area contributed by atoms with Crippen LogP contribution in [0.2, 0.25) is 0 Å². The number of fused-ring (bicyclic) bond motifs is 6. The summed E-state index contributed by atoms with van der Waals surface area (Å²) < 4.78 is 12.7. The maximum absolute atomic E-state index is 6.53. The molecule has 0 spiro atoms. The van der Waals surface area contributed by atoms with Crippen LogP contribution < -0.4 is 0 Å². The molecule has 11 aromatic rings. The molecule has 0 aliphatic rings. The number of aromatic nitrogens is 2. The standard InChI is InChI=1S/C52H32N2O2/c1-3-12-33(13-4-1)38-28-39(41-18-11-19-45-43-17-8-10-21-49(43)56-51(41)45)30-40(29-38)47-32-46(53-52(54-47)36-14-5-2-6-15-36)35-24-22-34(23-25-35)37-26-27-44-42-16-7-9-20-48(42)55-50(44)31-37/h1-32H. The zero-order valence-electron chi connectivity index (χ0n) is 30.2. The molecule has 0 aliphatic heterocycles. The van der Waals surface area contributed by atoms with Crippen molar-refractivity contribution in [1.82, 2.24) is 9.97 Å². The van der Waals surface area contributed by atoms with Gasteiger partial charge in [-0.05, 0) is 76.3 Å². The summed E-state index contributed by atoms with van der Waals surface area (Å²) in [5, 5.41) is 4.46. The zero-order chi connectivity index (χ0) is 37.0. The van der Waals surface area contributed by atoms with E-state index in [9.17, 15) is 0 Å². The molecule has 0 saturated carbocycles. The highest BCUT2D eigenvalue weighted by Gasteiger charge is 2.17. The first kappa shape index (κ1) is 31.9. The van der Waals surface area contributed by atoms with E-state index >= 15 is 0 Å². The molecule has 0 saturated heterocycles. The van der Waals surface area contributed by atoms with Gasteiger partial charge < -0.3 is 8.83 Å². The fraction of sp³-hybridized carbons (Fsp3) is 0. The summed E-state index contributed by atoms with van der Waals surface area (Å²) in [6.45, 7) is 0. The van der Waals surface area contributed by atoms with Crippen molar-refractivity contribution >= 4 is 43.9 Å². The van der Waals surface area contributed by atoms with Crippen molar-refractivity contribution in [2.45, 2.75) is 0 Å². The molecule has 56 heavy (non-hydrogen) atoms. The van der Waals surface area contributed by atoms with Crippen LogP contribution in [0.4, 0.5) is 0 Å². The second-order valence-electron chi connectivity index (χ2n) is 14.2. The van der Waals surface area contributed by atoms with E-state index in [1.54, 1.807) is 0 Å². The number of furan rings is 2. The summed E-state index contributed by atoms with van der Waals surface area (Å²) in [6, 6.07) is 67.4. The van der Waals surface area contributed by atoms with Crippen LogP contribution in [-0.2, 0) is 0 Å². The summed E-state index contributed by atoms with van der Waals surface area (Å²) in [5.74, 6) is 0.670. The molecular formula is C52H32N2O2. The summed E-state index contributed by atoms with van der Waals surface area (Å²) >= 11 is 0. The zero-order valence-corrected chi connectivity index (χ0v) is 30.2. The Kier molecular flexibility index (Phi) is 7.46. The lowest BCUT2D eigenvalue weighted by Gasteiger charge is -2.13. The molecule has 4 nitrogen and oxygen atoms in total.